The van der Waals surface area contributed by atoms with Crippen molar-refractivity contribution in [2.75, 3.05) is 28.4 Å². The number of rotatable bonds is 10. The second kappa shape index (κ2) is 9.97. The molecule has 0 aliphatic rings. The summed E-state index contributed by atoms with van der Waals surface area (Å²) in [6, 6.07) is 10.6. The van der Waals surface area contributed by atoms with E-state index in [2.05, 4.69) is 0 Å². The normalized spacial score (nSPS) is 10.3. The summed E-state index contributed by atoms with van der Waals surface area (Å²) in [6.45, 7) is 0.203. The van der Waals surface area contributed by atoms with Crippen LogP contribution in [0.1, 0.15) is 11.1 Å². The molecule has 26 heavy (non-hydrogen) atoms. The van der Waals surface area contributed by atoms with E-state index in [0.29, 0.717) is 23.0 Å². The zero-order valence-electron chi connectivity index (χ0n) is 15.2. The molecule has 0 heterocycles. The molecular formula is C18H22O7P+. The monoisotopic (exact) mass is 381 g/mol. The Morgan fingerprint density at radius 1 is 0.615 bits per heavy atom. The van der Waals surface area contributed by atoms with Gasteiger partial charge in [-0.05, 0) is 35.4 Å². The number of benzene rings is 2. The molecule has 2 aromatic carbocycles. The molecule has 0 fully saturated rings. The van der Waals surface area contributed by atoms with E-state index in [0.717, 1.165) is 11.1 Å². The molecule has 0 aliphatic carbocycles. The standard InChI is InChI=1S/C18H22O7P/c1-20-15-5-13(6-16(9-15)21-2)11-24-26(19)25-12-14-7-17(22-3)10-18(8-14)23-4/h5-10H,11-12H2,1-4H3/q+1. The third kappa shape index (κ3) is 5.88. The highest BCUT2D eigenvalue weighted by Gasteiger charge is 2.21. The Morgan fingerprint density at radius 2 is 0.923 bits per heavy atom. The first kappa shape index (κ1) is 20.0. The van der Waals surface area contributed by atoms with Gasteiger partial charge >= 0.3 is 8.25 Å². The average Bonchev–Trinajstić information content (AvgIpc) is 2.69. The summed E-state index contributed by atoms with van der Waals surface area (Å²) in [5.41, 5.74) is 1.52. The number of ether oxygens (including phenoxy) is 4. The van der Waals surface area contributed by atoms with Gasteiger partial charge < -0.3 is 18.9 Å². The minimum Gasteiger partial charge on any atom is -0.497 e. The van der Waals surface area contributed by atoms with Gasteiger partial charge in [-0.2, -0.15) is 0 Å². The van der Waals surface area contributed by atoms with Crippen LogP contribution in [0.5, 0.6) is 23.0 Å². The van der Waals surface area contributed by atoms with Crippen molar-refractivity contribution in [1.82, 2.24) is 0 Å². The first-order chi connectivity index (χ1) is 12.6. The third-order valence-electron chi connectivity index (χ3n) is 3.50. The van der Waals surface area contributed by atoms with Gasteiger partial charge in [-0.15, -0.1) is 9.05 Å². The van der Waals surface area contributed by atoms with Crippen LogP contribution < -0.4 is 18.9 Å². The average molecular weight is 381 g/mol. The molecule has 0 saturated heterocycles. The van der Waals surface area contributed by atoms with Gasteiger partial charge in [0.2, 0.25) is 0 Å². The first-order valence-corrected chi connectivity index (χ1v) is 8.84. The Bertz CT molecular complexity index is 642. The summed E-state index contributed by atoms with van der Waals surface area (Å²) >= 11 is 0. The maximum atomic E-state index is 12.0. The molecule has 8 heteroatoms. The van der Waals surface area contributed by atoms with E-state index >= 15 is 0 Å². The highest BCUT2D eigenvalue weighted by Crippen LogP contribution is 2.31. The van der Waals surface area contributed by atoms with Crippen molar-refractivity contribution in [3.05, 3.63) is 47.5 Å². The molecule has 0 radical (unpaired) electrons. The molecule has 0 amide bonds. The summed E-state index contributed by atoms with van der Waals surface area (Å²) < 4.78 is 43.3. The number of hydrogen-bond donors (Lipinski definition) is 0. The first-order valence-electron chi connectivity index (χ1n) is 7.75. The van der Waals surface area contributed by atoms with Crippen LogP contribution in [-0.2, 0) is 26.8 Å². The summed E-state index contributed by atoms with van der Waals surface area (Å²) in [4.78, 5) is 0. The van der Waals surface area contributed by atoms with Gasteiger partial charge in [-0.3, -0.25) is 0 Å². The molecular weight excluding hydrogens is 359 g/mol. The molecule has 140 valence electrons. The zero-order chi connectivity index (χ0) is 18.9. The van der Waals surface area contributed by atoms with Crippen LogP contribution in [0.15, 0.2) is 36.4 Å². The quantitative estimate of drug-likeness (QED) is 0.574. The van der Waals surface area contributed by atoms with Crippen LogP contribution in [-0.4, -0.2) is 28.4 Å². The zero-order valence-corrected chi connectivity index (χ0v) is 16.1. The van der Waals surface area contributed by atoms with Crippen molar-refractivity contribution < 1.29 is 32.6 Å². The molecule has 2 aromatic rings. The maximum absolute atomic E-state index is 12.0. The number of hydrogen-bond acceptors (Lipinski definition) is 7. The minimum absolute atomic E-state index is 0.101. The molecule has 0 N–H and O–H groups in total. The van der Waals surface area contributed by atoms with Gasteiger partial charge in [0.25, 0.3) is 0 Å². The molecule has 0 bridgehead atoms. The lowest BCUT2D eigenvalue weighted by Gasteiger charge is -2.07. The molecule has 0 unspecified atom stereocenters. The highest BCUT2D eigenvalue weighted by molar-refractivity contribution is 7.33. The summed E-state index contributed by atoms with van der Waals surface area (Å²) in [5.74, 6) is 2.51. The summed E-state index contributed by atoms with van der Waals surface area (Å²) in [6.07, 6.45) is 0. The van der Waals surface area contributed by atoms with Crippen molar-refractivity contribution in [1.29, 1.82) is 0 Å². The Balaban J connectivity index is 1.91. The lowest BCUT2D eigenvalue weighted by atomic mass is 10.2. The van der Waals surface area contributed by atoms with Gasteiger partial charge in [0.05, 0.1) is 28.4 Å². The Morgan fingerprint density at radius 3 is 1.19 bits per heavy atom. The summed E-state index contributed by atoms with van der Waals surface area (Å²) in [5, 5.41) is 0. The van der Waals surface area contributed by atoms with Crippen LogP contribution >= 0.6 is 8.25 Å². The Hall–Kier alpha value is -2.34. The molecule has 2 rings (SSSR count). The molecule has 0 saturated carbocycles. The second-order valence-corrected chi connectivity index (χ2v) is 6.18. The van der Waals surface area contributed by atoms with Gasteiger partial charge in [-0.25, -0.2) is 0 Å². The topological polar surface area (TPSA) is 72.5 Å². The Kier molecular flexibility index (Phi) is 7.66. The number of methoxy groups -OCH3 is 4. The lowest BCUT2D eigenvalue weighted by Crippen LogP contribution is -1.94. The van der Waals surface area contributed by atoms with Crippen LogP contribution in [0.25, 0.3) is 0 Å². The fraction of sp³-hybridized carbons (Fsp3) is 0.333. The van der Waals surface area contributed by atoms with Gasteiger partial charge in [0.1, 0.15) is 36.2 Å². The maximum Gasteiger partial charge on any atom is 0.698 e. The van der Waals surface area contributed by atoms with Crippen molar-refractivity contribution in [2.45, 2.75) is 13.2 Å². The fourth-order valence-corrected chi connectivity index (χ4v) is 2.77. The van der Waals surface area contributed by atoms with Gasteiger partial charge in [0.15, 0.2) is 0 Å². The third-order valence-corrected chi connectivity index (χ3v) is 4.18. The SMILES string of the molecule is COc1cc(CO[P+](=O)OCc2cc(OC)cc(OC)c2)cc(OC)c1. The van der Waals surface area contributed by atoms with E-state index < -0.39 is 8.25 Å². The predicted molar refractivity (Wildman–Crippen MR) is 96.3 cm³/mol. The lowest BCUT2D eigenvalue weighted by molar-refractivity contribution is 0.212. The smallest absolute Gasteiger partial charge is 0.497 e. The molecule has 7 nitrogen and oxygen atoms in total. The highest BCUT2D eigenvalue weighted by atomic mass is 31.1. The van der Waals surface area contributed by atoms with Gasteiger partial charge in [0, 0.05) is 16.7 Å². The van der Waals surface area contributed by atoms with E-state index in [4.69, 9.17) is 28.0 Å². The van der Waals surface area contributed by atoms with Gasteiger partial charge in [-0.1, -0.05) is 0 Å². The van der Waals surface area contributed by atoms with Crippen LogP contribution in [0.4, 0.5) is 0 Å². The summed E-state index contributed by atoms with van der Waals surface area (Å²) in [7, 11) is 3.95. The van der Waals surface area contributed by atoms with Crippen LogP contribution in [0.3, 0.4) is 0 Å². The Labute approximate surface area is 153 Å². The van der Waals surface area contributed by atoms with Crippen molar-refractivity contribution >= 4 is 8.25 Å². The second-order valence-electron chi connectivity index (χ2n) is 5.21. The molecule has 0 aromatic heterocycles. The predicted octanol–water partition coefficient (Wildman–Crippen LogP) is 4.11. The molecule has 0 aliphatic heterocycles. The van der Waals surface area contributed by atoms with Crippen molar-refractivity contribution in [3.63, 3.8) is 0 Å². The molecule has 0 atom stereocenters. The van der Waals surface area contributed by atoms with E-state index in [9.17, 15) is 4.57 Å². The van der Waals surface area contributed by atoms with Crippen LogP contribution in [0, 0.1) is 0 Å². The van der Waals surface area contributed by atoms with Crippen molar-refractivity contribution in [2.24, 2.45) is 0 Å². The largest absolute Gasteiger partial charge is 0.698 e. The van der Waals surface area contributed by atoms with Crippen LogP contribution in [0.2, 0.25) is 0 Å². The fourth-order valence-electron chi connectivity index (χ4n) is 2.19. The van der Waals surface area contributed by atoms with Crippen molar-refractivity contribution in [3.8, 4) is 23.0 Å². The van der Waals surface area contributed by atoms with E-state index in [1.807, 2.05) is 0 Å². The minimum atomic E-state index is -2.30. The van der Waals surface area contributed by atoms with E-state index in [1.54, 1.807) is 64.8 Å². The van der Waals surface area contributed by atoms with E-state index in [1.165, 1.54) is 0 Å². The van der Waals surface area contributed by atoms with E-state index in [-0.39, 0.29) is 13.2 Å². The molecule has 0 spiro atoms.